The molecular weight excluding hydrogens is 414 g/mol. The van der Waals surface area contributed by atoms with E-state index in [0.29, 0.717) is 24.3 Å². The molecule has 0 bridgehead atoms. The molecule has 31 heavy (non-hydrogen) atoms. The van der Waals surface area contributed by atoms with E-state index in [1.54, 1.807) is 53.8 Å². The van der Waals surface area contributed by atoms with Crippen LogP contribution in [0.3, 0.4) is 0 Å². The summed E-state index contributed by atoms with van der Waals surface area (Å²) < 4.78 is 11.5. The van der Waals surface area contributed by atoms with Gasteiger partial charge < -0.3 is 14.6 Å². The number of carboxylic acid groups (broad SMARTS) is 1. The van der Waals surface area contributed by atoms with Gasteiger partial charge in [-0.1, -0.05) is 18.2 Å². The molecule has 3 rings (SSSR count). The zero-order valence-corrected chi connectivity index (χ0v) is 17.7. The summed E-state index contributed by atoms with van der Waals surface area (Å²) in [7, 11) is 0. The van der Waals surface area contributed by atoms with Crippen LogP contribution in [0.1, 0.15) is 40.4 Å². The number of aliphatic carboxylic acids is 1. The zero-order valence-electron chi connectivity index (χ0n) is 16.9. The average molecular weight is 436 g/mol. The van der Waals surface area contributed by atoms with Crippen LogP contribution in [-0.2, 0) is 17.8 Å². The maximum Gasteiger partial charge on any atom is 0.344 e. The van der Waals surface area contributed by atoms with Gasteiger partial charge in [0.05, 0.1) is 17.2 Å². The summed E-state index contributed by atoms with van der Waals surface area (Å²) in [5.74, 6) is -0.742. The van der Waals surface area contributed by atoms with Crippen LogP contribution < -0.4 is 9.47 Å². The van der Waals surface area contributed by atoms with Crippen LogP contribution in [0.4, 0.5) is 0 Å². The van der Waals surface area contributed by atoms with Gasteiger partial charge in [-0.3, -0.25) is 4.79 Å². The molecule has 0 aliphatic rings. The molecule has 158 valence electrons. The van der Waals surface area contributed by atoms with E-state index in [1.165, 1.54) is 6.92 Å². The first-order chi connectivity index (χ1) is 15.0. The first-order valence-corrected chi connectivity index (χ1v) is 10.6. The summed E-state index contributed by atoms with van der Waals surface area (Å²) in [6, 6.07) is 15.9. The van der Waals surface area contributed by atoms with Crippen molar-refractivity contribution >= 4 is 23.1 Å². The lowest BCUT2D eigenvalue weighted by Crippen LogP contribution is -2.28. The Bertz CT molecular complexity index is 1100. The highest BCUT2D eigenvalue weighted by Crippen LogP contribution is 2.28. The van der Waals surface area contributed by atoms with Crippen molar-refractivity contribution in [3.05, 3.63) is 81.5 Å². The zero-order chi connectivity index (χ0) is 22.2. The molecule has 7 heteroatoms. The monoisotopic (exact) mass is 435 g/mol. The summed E-state index contributed by atoms with van der Waals surface area (Å²) in [6.07, 6.45) is -0.688. The van der Waals surface area contributed by atoms with Crippen LogP contribution >= 0.6 is 11.3 Å². The quantitative estimate of drug-likeness (QED) is 0.457. The Morgan fingerprint density at radius 3 is 2.68 bits per heavy atom. The van der Waals surface area contributed by atoms with Crippen LogP contribution in [0.5, 0.6) is 11.5 Å². The second-order valence-corrected chi connectivity index (χ2v) is 7.67. The Hall–Kier alpha value is -3.63. The van der Waals surface area contributed by atoms with E-state index in [2.05, 4.69) is 6.07 Å². The summed E-state index contributed by atoms with van der Waals surface area (Å²) in [5.41, 5.74) is 2.55. The molecule has 1 atom stereocenters. The minimum atomic E-state index is -1.18. The van der Waals surface area contributed by atoms with Crippen molar-refractivity contribution in [2.24, 2.45) is 0 Å². The third kappa shape index (κ3) is 5.93. The Balaban J connectivity index is 1.77. The normalized spacial score (nSPS) is 11.4. The number of ketones is 1. The maximum atomic E-state index is 12.0. The molecular formula is C24H21NO5S. The highest BCUT2D eigenvalue weighted by molar-refractivity contribution is 7.07. The summed E-state index contributed by atoms with van der Waals surface area (Å²) >= 11 is 1.57. The highest BCUT2D eigenvalue weighted by Gasteiger charge is 2.23. The fourth-order valence-electron chi connectivity index (χ4n) is 3.04. The van der Waals surface area contributed by atoms with E-state index < -0.39 is 12.1 Å². The number of aryl methyl sites for hydroxylation is 1. The third-order valence-corrected chi connectivity index (χ3v) is 5.41. The standard InChI is InChI=1S/C24H21NO5S/c1-16(26)21-8-7-20(29-14-17-10-11-31-15-17)12-23(21)30-22(24(27)28)9-6-18-4-2-3-5-19(18)13-25/h2-5,7-8,10-12,15,22H,6,9,14H2,1H3,(H,27,28). The first-order valence-electron chi connectivity index (χ1n) is 9.64. The minimum Gasteiger partial charge on any atom is -0.489 e. The van der Waals surface area contributed by atoms with Gasteiger partial charge in [-0.15, -0.1) is 0 Å². The van der Waals surface area contributed by atoms with Crippen LogP contribution in [-0.4, -0.2) is 23.0 Å². The number of hydrogen-bond donors (Lipinski definition) is 1. The Morgan fingerprint density at radius 1 is 1.19 bits per heavy atom. The van der Waals surface area contributed by atoms with Crippen molar-refractivity contribution in [2.45, 2.75) is 32.5 Å². The van der Waals surface area contributed by atoms with Crippen LogP contribution in [0.15, 0.2) is 59.3 Å². The predicted molar refractivity (Wildman–Crippen MR) is 117 cm³/mol. The molecule has 0 spiro atoms. The van der Waals surface area contributed by atoms with Crippen molar-refractivity contribution < 1.29 is 24.2 Å². The summed E-state index contributed by atoms with van der Waals surface area (Å²) in [4.78, 5) is 23.9. The molecule has 0 saturated carbocycles. The number of nitriles is 1. The number of ether oxygens (including phenoxy) is 2. The molecule has 0 fully saturated rings. The van der Waals surface area contributed by atoms with Gasteiger partial charge >= 0.3 is 5.97 Å². The molecule has 1 aromatic heterocycles. The van der Waals surface area contributed by atoms with Crippen LogP contribution in [0.2, 0.25) is 0 Å². The number of benzene rings is 2. The smallest absolute Gasteiger partial charge is 0.344 e. The molecule has 0 aliphatic heterocycles. The second-order valence-electron chi connectivity index (χ2n) is 6.89. The molecule has 1 N–H and O–H groups in total. The largest absolute Gasteiger partial charge is 0.489 e. The van der Waals surface area contributed by atoms with Crippen molar-refractivity contribution in [1.82, 2.24) is 0 Å². The Kier molecular flexibility index (Phi) is 7.41. The second kappa shape index (κ2) is 10.4. The van der Waals surface area contributed by atoms with Crippen molar-refractivity contribution in [2.75, 3.05) is 0 Å². The fourth-order valence-corrected chi connectivity index (χ4v) is 3.70. The van der Waals surface area contributed by atoms with E-state index >= 15 is 0 Å². The van der Waals surface area contributed by atoms with E-state index in [1.807, 2.05) is 16.8 Å². The Labute approximate surface area is 184 Å². The average Bonchev–Trinajstić information content (AvgIpc) is 3.28. The molecule has 2 aromatic carbocycles. The fraction of sp³-hybridized carbons (Fsp3) is 0.208. The van der Waals surface area contributed by atoms with Gasteiger partial charge in [0.2, 0.25) is 0 Å². The van der Waals surface area contributed by atoms with E-state index in [4.69, 9.17) is 9.47 Å². The van der Waals surface area contributed by atoms with Gasteiger partial charge in [0.25, 0.3) is 0 Å². The molecule has 1 heterocycles. The molecule has 6 nitrogen and oxygen atoms in total. The van der Waals surface area contributed by atoms with Gasteiger partial charge in [0, 0.05) is 6.07 Å². The molecule has 0 radical (unpaired) electrons. The third-order valence-electron chi connectivity index (χ3n) is 4.68. The van der Waals surface area contributed by atoms with Gasteiger partial charge in [0.1, 0.15) is 18.1 Å². The van der Waals surface area contributed by atoms with E-state index in [9.17, 15) is 20.0 Å². The van der Waals surface area contributed by atoms with Gasteiger partial charge in [-0.05, 0) is 65.9 Å². The predicted octanol–water partition coefficient (Wildman–Crippen LogP) is 4.87. The topological polar surface area (TPSA) is 96.6 Å². The van der Waals surface area contributed by atoms with Crippen molar-refractivity contribution in [3.8, 4) is 17.6 Å². The van der Waals surface area contributed by atoms with Gasteiger partial charge in [-0.2, -0.15) is 16.6 Å². The van der Waals surface area contributed by atoms with Crippen LogP contribution in [0.25, 0.3) is 0 Å². The maximum absolute atomic E-state index is 12.0. The van der Waals surface area contributed by atoms with E-state index in [-0.39, 0.29) is 23.5 Å². The minimum absolute atomic E-state index is 0.144. The number of carbonyl (C=O) groups is 2. The molecule has 1 unspecified atom stereocenters. The van der Waals surface area contributed by atoms with Crippen molar-refractivity contribution in [1.29, 1.82) is 5.26 Å². The number of thiophene rings is 1. The number of hydrogen-bond acceptors (Lipinski definition) is 6. The molecule has 0 aliphatic carbocycles. The number of carboxylic acids is 1. The van der Waals surface area contributed by atoms with E-state index in [0.717, 1.165) is 11.1 Å². The number of carbonyl (C=O) groups excluding carboxylic acids is 1. The number of rotatable bonds is 10. The lowest BCUT2D eigenvalue weighted by molar-refractivity contribution is -0.145. The molecule has 0 amide bonds. The first kappa shape index (κ1) is 22.1. The lowest BCUT2D eigenvalue weighted by atomic mass is 10.0. The highest BCUT2D eigenvalue weighted by atomic mass is 32.1. The number of nitrogens with zero attached hydrogens (tertiary/aromatic N) is 1. The molecule has 0 saturated heterocycles. The van der Waals surface area contributed by atoms with Gasteiger partial charge in [0.15, 0.2) is 11.9 Å². The van der Waals surface area contributed by atoms with Crippen molar-refractivity contribution in [3.63, 3.8) is 0 Å². The van der Waals surface area contributed by atoms with Gasteiger partial charge in [-0.25, -0.2) is 4.79 Å². The number of Topliss-reactive ketones (excluding diaryl/α,β-unsaturated/α-hetero) is 1. The molecule has 3 aromatic rings. The van der Waals surface area contributed by atoms with Crippen LogP contribution in [0, 0.1) is 11.3 Å². The summed E-state index contributed by atoms with van der Waals surface area (Å²) in [6.45, 7) is 1.75. The Morgan fingerprint density at radius 2 is 2.00 bits per heavy atom. The summed E-state index contributed by atoms with van der Waals surface area (Å²) in [5, 5.41) is 22.8. The SMILES string of the molecule is CC(=O)c1ccc(OCc2ccsc2)cc1OC(CCc1ccccc1C#N)C(=O)O. The lowest BCUT2D eigenvalue weighted by Gasteiger charge is -2.18.